The Bertz CT molecular complexity index is 858. The number of hydrogen-bond acceptors (Lipinski definition) is 5. The van der Waals surface area contributed by atoms with Gasteiger partial charge >= 0.3 is 0 Å². The number of nitrogens with one attached hydrogen (secondary N) is 1. The third-order valence-corrected chi connectivity index (χ3v) is 4.82. The Morgan fingerprint density at radius 2 is 1.52 bits per heavy atom. The molecule has 2 heterocycles. The van der Waals surface area contributed by atoms with Crippen LogP contribution in [0.15, 0.2) is 66.7 Å². The van der Waals surface area contributed by atoms with E-state index in [9.17, 15) is 0 Å². The minimum Gasteiger partial charge on any atom is -0.354 e. The molecule has 4 rings (SSSR count). The molecule has 3 aromatic rings. The lowest BCUT2D eigenvalue weighted by atomic mass is 10.2. The maximum atomic E-state index is 4.75. The van der Waals surface area contributed by atoms with Gasteiger partial charge in [-0.25, -0.2) is 4.98 Å². The smallest absolute Gasteiger partial charge is 0.229 e. The van der Waals surface area contributed by atoms with Crippen LogP contribution in [0.25, 0.3) is 0 Å². The summed E-state index contributed by atoms with van der Waals surface area (Å²) in [5.41, 5.74) is 3.35. The summed E-state index contributed by atoms with van der Waals surface area (Å²) in [5, 5.41) is 3.31. The van der Waals surface area contributed by atoms with Crippen LogP contribution in [-0.2, 0) is 6.54 Å². The number of nitrogens with zero attached hydrogens (tertiary/aromatic N) is 4. The molecular formula is C22H25N5. The van der Waals surface area contributed by atoms with Crippen LogP contribution in [0, 0.1) is 6.92 Å². The predicted octanol–water partition coefficient (Wildman–Crippen LogP) is 3.85. The standard InChI is InChI=1S/C22H25N5/c1-18-16-21(25-22(23-18)24-20-10-6-3-7-11-20)27-14-12-26(13-15-27)17-19-8-4-2-5-9-19/h2-11,16H,12-15,17H2,1H3,(H,23,24,25). The lowest BCUT2D eigenvalue weighted by Crippen LogP contribution is -2.46. The highest BCUT2D eigenvalue weighted by atomic mass is 15.3. The van der Waals surface area contributed by atoms with Crippen molar-refractivity contribution < 1.29 is 0 Å². The van der Waals surface area contributed by atoms with E-state index in [1.807, 2.05) is 37.3 Å². The molecule has 1 fully saturated rings. The second kappa shape index (κ2) is 8.18. The first-order chi connectivity index (χ1) is 13.3. The molecule has 0 spiro atoms. The van der Waals surface area contributed by atoms with Gasteiger partial charge in [-0.15, -0.1) is 0 Å². The SMILES string of the molecule is Cc1cc(N2CCN(Cc3ccccc3)CC2)nc(Nc2ccccc2)n1. The fourth-order valence-corrected chi connectivity index (χ4v) is 3.40. The molecule has 1 saturated heterocycles. The molecule has 0 radical (unpaired) electrons. The number of benzene rings is 2. The van der Waals surface area contributed by atoms with Crippen molar-refractivity contribution in [2.24, 2.45) is 0 Å². The van der Waals surface area contributed by atoms with Crippen molar-refractivity contribution in [3.05, 3.63) is 78.0 Å². The van der Waals surface area contributed by atoms with Crippen LogP contribution in [0.2, 0.25) is 0 Å². The van der Waals surface area contributed by atoms with Crippen molar-refractivity contribution >= 4 is 17.5 Å². The molecule has 2 aromatic carbocycles. The highest BCUT2D eigenvalue weighted by Gasteiger charge is 2.19. The summed E-state index contributed by atoms with van der Waals surface area (Å²) in [6, 6.07) is 22.8. The van der Waals surface area contributed by atoms with Gasteiger partial charge in [-0.3, -0.25) is 4.90 Å². The summed E-state index contributed by atoms with van der Waals surface area (Å²) in [6.07, 6.45) is 0. The minimum absolute atomic E-state index is 0.655. The molecule has 27 heavy (non-hydrogen) atoms. The maximum Gasteiger partial charge on any atom is 0.229 e. The van der Waals surface area contributed by atoms with Crippen LogP contribution in [0.5, 0.6) is 0 Å². The Morgan fingerprint density at radius 3 is 2.22 bits per heavy atom. The largest absolute Gasteiger partial charge is 0.354 e. The summed E-state index contributed by atoms with van der Waals surface area (Å²) in [4.78, 5) is 14.1. The molecule has 0 unspecified atom stereocenters. The van der Waals surface area contributed by atoms with Crippen molar-refractivity contribution in [3.8, 4) is 0 Å². The van der Waals surface area contributed by atoms with Crippen molar-refractivity contribution in [1.82, 2.24) is 14.9 Å². The Morgan fingerprint density at radius 1 is 0.852 bits per heavy atom. The van der Waals surface area contributed by atoms with E-state index in [-0.39, 0.29) is 0 Å². The van der Waals surface area contributed by atoms with Gasteiger partial charge in [0.25, 0.3) is 0 Å². The second-order valence-corrected chi connectivity index (χ2v) is 6.93. The molecule has 1 aliphatic heterocycles. The zero-order valence-electron chi connectivity index (χ0n) is 15.7. The summed E-state index contributed by atoms with van der Waals surface area (Å²) in [5.74, 6) is 1.66. The summed E-state index contributed by atoms with van der Waals surface area (Å²) in [7, 11) is 0. The van der Waals surface area contributed by atoms with Crippen LogP contribution < -0.4 is 10.2 Å². The van der Waals surface area contributed by atoms with E-state index in [0.29, 0.717) is 5.95 Å². The molecule has 1 N–H and O–H groups in total. The quantitative estimate of drug-likeness (QED) is 0.750. The average Bonchev–Trinajstić information content (AvgIpc) is 2.70. The topological polar surface area (TPSA) is 44.3 Å². The van der Waals surface area contributed by atoms with Gasteiger partial charge in [0, 0.05) is 50.2 Å². The molecule has 138 valence electrons. The molecule has 0 saturated carbocycles. The van der Waals surface area contributed by atoms with Gasteiger partial charge in [0.2, 0.25) is 5.95 Å². The zero-order valence-corrected chi connectivity index (χ0v) is 15.7. The highest BCUT2D eigenvalue weighted by molar-refractivity contribution is 5.55. The number of piperazine rings is 1. The Labute approximate surface area is 160 Å². The van der Waals surface area contributed by atoms with Gasteiger partial charge in [-0.05, 0) is 24.6 Å². The van der Waals surface area contributed by atoms with Gasteiger partial charge in [0.1, 0.15) is 5.82 Å². The molecule has 0 amide bonds. The lowest BCUT2D eigenvalue weighted by Gasteiger charge is -2.35. The van der Waals surface area contributed by atoms with Crippen LogP contribution in [-0.4, -0.2) is 41.0 Å². The van der Waals surface area contributed by atoms with E-state index in [2.05, 4.69) is 56.5 Å². The normalized spacial score (nSPS) is 14.9. The van der Waals surface area contributed by atoms with Crippen molar-refractivity contribution in [1.29, 1.82) is 0 Å². The highest BCUT2D eigenvalue weighted by Crippen LogP contribution is 2.20. The van der Waals surface area contributed by atoms with Gasteiger partial charge in [-0.1, -0.05) is 48.5 Å². The first kappa shape index (κ1) is 17.5. The number of para-hydroxylation sites is 1. The van der Waals surface area contributed by atoms with Crippen LogP contribution >= 0.6 is 0 Å². The third kappa shape index (κ3) is 4.63. The molecule has 0 aliphatic carbocycles. The summed E-state index contributed by atoms with van der Waals surface area (Å²) < 4.78 is 0. The number of aryl methyl sites for hydroxylation is 1. The molecule has 1 aliphatic rings. The maximum absolute atomic E-state index is 4.75. The first-order valence-electron chi connectivity index (χ1n) is 9.45. The van der Waals surface area contributed by atoms with E-state index in [0.717, 1.165) is 49.9 Å². The average molecular weight is 359 g/mol. The molecular weight excluding hydrogens is 334 g/mol. The van der Waals surface area contributed by atoms with E-state index in [1.165, 1.54) is 5.56 Å². The van der Waals surface area contributed by atoms with E-state index >= 15 is 0 Å². The minimum atomic E-state index is 0.655. The molecule has 5 nitrogen and oxygen atoms in total. The van der Waals surface area contributed by atoms with Gasteiger partial charge in [-0.2, -0.15) is 4.98 Å². The first-order valence-corrected chi connectivity index (χ1v) is 9.45. The fraction of sp³-hybridized carbons (Fsp3) is 0.273. The van der Waals surface area contributed by atoms with E-state index in [1.54, 1.807) is 0 Å². The molecule has 5 heteroatoms. The van der Waals surface area contributed by atoms with Crippen LogP contribution in [0.1, 0.15) is 11.3 Å². The van der Waals surface area contributed by atoms with Crippen molar-refractivity contribution in [2.75, 3.05) is 36.4 Å². The summed E-state index contributed by atoms with van der Waals surface area (Å²) in [6.45, 7) is 7.08. The number of hydrogen-bond donors (Lipinski definition) is 1. The number of aromatic nitrogens is 2. The number of anilines is 3. The summed E-state index contributed by atoms with van der Waals surface area (Å²) >= 11 is 0. The predicted molar refractivity (Wildman–Crippen MR) is 110 cm³/mol. The van der Waals surface area contributed by atoms with Crippen molar-refractivity contribution in [2.45, 2.75) is 13.5 Å². The molecule has 0 atom stereocenters. The second-order valence-electron chi connectivity index (χ2n) is 6.93. The Hall–Kier alpha value is -2.92. The van der Waals surface area contributed by atoms with Crippen LogP contribution in [0.4, 0.5) is 17.5 Å². The fourth-order valence-electron chi connectivity index (χ4n) is 3.40. The van der Waals surface area contributed by atoms with Gasteiger partial charge in [0.05, 0.1) is 0 Å². The molecule has 1 aromatic heterocycles. The lowest BCUT2D eigenvalue weighted by molar-refractivity contribution is 0.249. The monoisotopic (exact) mass is 359 g/mol. The zero-order chi connectivity index (χ0) is 18.5. The van der Waals surface area contributed by atoms with E-state index < -0.39 is 0 Å². The molecule has 0 bridgehead atoms. The van der Waals surface area contributed by atoms with Crippen LogP contribution in [0.3, 0.4) is 0 Å². The number of rotatable bonds is 5. The van der Waals surface area contributed by atoms with Gasteiger partial charge in [0.15, 0.2) is 0 Å². The van der Waals surface area contributed by atoms with E-state index in [4.69, 9.17) is 4.98 Å². The Kier molecular flexibility index (Phi) is 5.30. The van der Waals surface area contributed by atoms with Gasteiger partial charge < -0.3 is 10.2 Å². The van der Waals surface area contributed by atoms with Crippen molar-refractivity contribution in [3.63, 3.8) is 0 Å². The Balaban J connectivity index is 1.40. The third-order valence-electron chi connectivity index (χ3n) is 4.82.